The van der Waals surface area contributed by atoms with Crippen molar-refractivity contribution in [3.05, 3.63) is 65.7 Å². The van der Waals surface area contributed by atoms with Crippen LogP contribution in [0.15, 0.2) is 54.6 Å². The third-order valence-electron chi connectivity index (χ3n) is 2.30. The summed E-state index contributed by atoms with van der Waals surface area (Å²) in [6, 6.07) is 18.1. The zero-order valence-electron chi connectivity index (χ0n) is 9.31. The van der Waals surface area contributed by atoms with Gasteiger partial charge in [0.05, 0.1) is 6.54 Å². The van der Waals surface area contributed by atoms with Gasteiger partial charge in [0.1, 0.15) is 5.75 Å². The van der Waals surface area contributed by atoms with Gasteiger partial charge in [0, 0.05) is 0 Å². The number of hydrogen-bond donors (Lipinski definition) is 1. The normalized spacial score (nSPS) is 10.1. The number of aryl methyl sites for hydroxylation is 1. The Morgan fingerprint density at radius 1 is 1.00 bits per heavy atom. The van der Waals surface area contributed by atoms with Gasteiger partial charge >= 0.3 is 0 Å². The van der Waals surface area contributed by atoms with E-state index in [4.69, 9.17) is 4.84 Å². The average Bonchev–Trinajstić information content (AvgIpc) is 2.30. The fourth-order valence-corrected chi connectivity index (χ4v) is 1.48. The highest BCUT2D eigenvalue weighted by molar-refractivity contribution is 5.27. The summed E-state index contributed by atoms with van der Waals surface area (Å²) in [5, 5.41) is 0. The minimum absolute atomic E-state index is 0.703. The quantitative estimate of drug-likeness (QED) is 0.788. The maximum absolute atomic E-state index is 5.44. The standard InChI is InChI=1S/C14H15NO/c1-12-6-5-9-14(10-12)16-15-11-13-7-3-2-4-8-13/h2-10,15H,11H2,1H3. The molecule has 0 heterocycles. The van der Waals surface area contributed by atoms with Gasteiger partial charge in [-0.15, -0.1) is 0 Å². The van der Waals surface area contributed by atoms with Gasteiger partial charge in [0.25, 0.3) is 0 Å². The van der Waals surface area contributed by atoms with E-state index in [1.165, 1.54) is 11.1 Å². The third kappa shape index (κ3) is 3.11. The summed E-state index contributed by atoms with van der Waals surface area (Å²) in [4.78, 5) is 5.44. The molecule has 0 fully saturated rings. The van der Waals surface area contributed by atoms with E-state index in [-0.39, 0.29) is 0 Å². The van der Waals surface area contributed by atoms with E-state index in [1.807, 2.05) is 49.4 Å². The van der Waals surface area contributed by atoms with E-state index in [1.54, 1.807) is 0 Å². The summed E-state index contributed by atoms with van der Waals surface area (Å²) >= 11 is 0. The zero-order valence-corrected chi connectivity index (χ0v) is 9.31. The highest BCUT2D eigenvalue weighted by Gasteiger charge is 1.94. The number of hydrogen-bond acceptors (Lipinski definition) is 2. The molecule has 2 nitrogen and oxygen atoms in total. The second-order valence-electron chi connectivity index (χ2n) is 3.73. The fourth-order valence-electron chi connectivity index (χ4n) is 1.48. The van der Waals surface area contributed by atoms with Crippen LogP contribution in [0.5, 0.6) is 5.75 Å². The van der Waals surface area contributed by atoms with Crippen molar-refractivity contribution in [1.82, 2.24) is 5.48 Å². The van der Waals surface area contributed by atoms with E-state index in [9.17, 15) is 0 Å². The molecule has 82 valence electrons. The second kappa shape index (κ2) is 5.33. The molecule has 0 aliphatic rings. The van der Waals surface area contributed by atoms with Gasteiger partial charge in [-0.05, 0) is 30.2 Å². The van der Waals surface area contributed by atoms with Gasteiger partial charge in [0.15, 0.2) is 0 Å². The van der Waals surface area contributed by atoms with Crippen molar-refractivity contribution in [3.63, 3.8) is 0 Å². The van der Waals surface area contributed by atoms with Crippen LogP contribution in [0, 0.1) is 6.92 Å². The molecule has 2 heteroatoms. The van der Waals surface area contributed by atoms with Crippen LogP contribution in [0.4, 0.5) is 0 Å². The van der Waals surface area contributed by atoms with Gasteiger partial charge in [-0.2, -0.15) is 5.48 Å². The van der Waals surface area contributed by atoms with E-state index in [0.29, 0.717) is 6.54 Å². The predicted molar refractivity (Wildman–Crippen MR) is 65.1 cm³/mol. The summed E-state index contributed by atoms with van der Waals surface area (Å²) in [7, 11) is 0. The highest BCUT2D eigenvalue weighted by atomic mass is 16.6. The SMILES string of the molecule is Cc1cccc(ONCc2ccccc2)c1. The predicted octanol–water partition coefficient (Wildman–Crippen LogP) is 3.08. The molecule has 2 aromatic carbocycles. The summed E-state index contributed by atoms with van der Waals surface area (Å²) < 4.78 is 0. The Morgan fingerprint density at radius 3 is 2.56 bits per heavy atom. The third-order valence-corrected chi connectivity index (χ3v) is 2.30. The van der Waals surface area contributed by atoms with E-state index < -0.39 is 0 Å². The van der Waals surface area contributed by atoms with Crippen LogP contribution < -0.4 is 10.3 Å². The molecule has 0 bridgehead atoms. The van der Waals surface area contributed by atoms with Crippen molar-refractivity contribution in [1.29, 1.82) is 0 Å². The molecule has 0 saturated heterocycles. The lowest BCUT2D eigenvalue weighted by Crippen LogP contribution is -2.17. The summed E-state index contributed by atoms with van der Waals surface area (Å²) in [5.74, 6) is 0.843. The molecule has 0 atom stereocenters. The smallest absolute Gasteiger partial charge is 0.147 e. The molecule has 0 spiro atoms. The van der Waals surface area contributed by atoms with Crippen molar-refractivity contribution in [3.8, 4) is 5.75 Å². The number of nitrogens with one attached hydrogen (secondary N) is 1. The second-order valence-corrected chi connectivity index (χ2v) is 3.73. The van der Waals surface area contributed by atoms with Crippen molar-refractivity contribution < 1.29 is 4.84 Å². The maximum Gasteiger partial charge on any atom is 0.147 e. The van der Waals surface area contributed by atoms with Gasteiger partial charge in [0.2, 0.25) is 0 Å². The Hall–Kier alpha value is -1.80. The monoisotopic (exact) mass is 213 g/mol. The summed E-state index contributed by atoms with van der Waals surface area (Å²) in [6.07, 6.45) is 0. The molecule has 16 heavy (non-hydrogen) atoms. The van der Waals surface area contributed by atoms with Gasteiger partial charge in [-0.25, -0.2) is 0 Å². The molecule has 0 aliphatic carbocycles. The molecule has 0 amide bonds. The molecule has 0 aliphatic heterocycles. The lowest BCUT2D eigenvalue weighted by molar-refractivity contribution is 0.190. The first-order chi connectivity index (χ1) is 7.84. The van der Waals surface area contributed by atoms with Gasteiger partial charge < -0.3 is 4.84 Å². The topological polar surface area (TPSA) is 21.3 Å². The maximum atomic E-state index is 5.44. The minimum Gasteiger partial charge on any atom is -0.408 e. The van der Waals surface area contributed by atoms with E-state index in [2.05, 4.69) is 17.6 Å². The van der Waals surface area contributed by atoms with Crippen LogP contribution in [0.1, 0.15) is 11.1 Å². The van der Waals surface area contributed by atoms with Crippen molar-refractivity contribution in [2.45, 2.75) is 13.5 Å². The lowest BCUT2D eigenvalue weighted by atomic mass is 10.2. The first kappa shape index (κ1) is 10.7. The summed E-state index contributed by atoms with van der Waals surface area (Å²) in [5.41, 5.74) is 5.34. The Kier molecular flexibility index (Phi) is 3.57. The molecule has 0 unspecified atom stereocenters. The largest absolute Gasteiger partial charge is 0.408 e. The summed E-state index contributed by atoms with van der Waals surface area (Å²) in [6.45, 7) is 2.75. The zero-order chi connectivity index (χ0) is 11.2. The van der Waals surface area contributed by atoms with Crippen LogP contribution in [0.25, 0.3) is 0 Å². The molecule has 1 N–H and O–H groups in total. The van der Waals surface area contributed by atoms with Crippen LogP contribution in [0.3, 0.4) is 0 Å². The molecule has 0 saturated carbocycles. The Balaban J connectivity index is 1.85. The van der Waals surface area contributed by atoms with Gasteiger partial charge in [-0.3, -0.25) is 0 Å². The fraction of sp³-hybridized carbons (Fsp3) is 0.143. The first-order valence-corrected chi connectivity index (χ1v) is 5.35. The number of rotatable bonds is 4. The van der Waals surface area contributed by atoms with Crippen LogP contribution in [0.2, 0.25) is 0 Å². The number of benzene rings is 2. The molecular weight excluding hydrogens is 198 g/mol. The minimum atomic E-state index is 0.703. The van der Waals surface area contributed by atoms with Crippen LogP contribution in [-0.2, 0) is 6.54 Å². The Bertz CT molecular complexity index is 439. The molecule has 2 aromatic rings. The van der Waals surface area contributed by atoms with E-state index >= 15 is 0 Å². The first-order valence-electron chi connectivity index (χ1n) is 5.35. The Labute approximate surface area is 95.8 Å². The molecule has 2 rings (SSSR count). The van der Waals surface area contributed by atoms with Crippen molar-refractivity contribution >= 4 is 0 Å². The Morgan fingerprint density at radius 2 is 1.81 bits per heavy atom. The van der Waals surface area contributed by atoms with E-state index in [0.717, 1.165) is 5.75 Å². The lowest BCUT2D eigenvalue weighted by Gasteiger charge is -2.07. The van der Waals surface area contributed by atoms with Gasteiger partial charge in [-0.1, -0.05) is 42.5 Å². The molecule has 0 radical (unpaired) electrons. The van der Waals surface area contributed by atoms with Crippen LogP contribution >= 0.6 is 0 Å². The van der Waals surface area contributed by atoms with Crippen LogP contribution in [-0.4, -0.2) is 0 Å². The molecule has 0 aromatic heterocycles. The molecular formula is C14H15NO. The van der Waals surface area contributed by atoms with Crippen molar-refractivity contribution in [2.24, 2.45) is 0 Å². The average molecular weight is 213 g/mol. The van der Waals surface area contributed by atoms with Crippen molar-refractivity contribution in [2.75, 3.05) is 0 Å². The number of hydroxylamine groups is 1. The highest BCUT2D eigenvalue weighted by Crippen LogP contribution is 2.11.